The quantitative estimate of drug-likeness (QED) is 0.0332. The van der Waals surface area contributed by atoms with Crippen molar-refractivity contribution in [2.75, 3.05) is 6.54 Å². The second-order valence-corrected chi connectivity index (χ2v) is 14.0. The molecule has 0 rings (SSSR count). The third kappa shape index (κ3) is 36.9. The fourth-order valence-corrected chi connectivity index (χ4v) is 5.80. The van der Waals surface area contributed by atoms with Crippen molar-refractivity contribution in [3.63, 3.8) is 0 Å². The number of carbonyl (C=O) groups is 3. The van der Waals surface area contributed by atoms with E-state index in [4.69, 9.17) is 10.5 Å². The number of carboxylic acids is 1. The molecule has 4 N–H and O–H groups in total. The number of hydrogen-bond acceptors (Lipinski definition) is 5. The van der Waals surface area contributed by atoms with Gasteiger partial charge in [0.25, 0.3) is 0 Å². The lowest BCUT2D eigenvalue weighted by Gasteiger charge is -2.15. The van der Waals surface area contributed by atoms with Crippen LogP contribution in [-0.4, -0.2) is 41.6 Å². The average Bonchev–Trinajstić information content (AvgIpc) is 3.14. The van der Waals surface area contributed by atoms with E-state index in [-0.39, 0.29) is 18.0 Å². The van der Waals surface area contributed by atoms with E-state index in [1.165, 1.54) is 38.5 Å². The standard InChI is InChI=1S/C46H78N2O5/c1-3-5-7-9-11-13-14-15-16-17-18-19-20-21-22-24-26-28-34-40-45(50)53-42(36-31-27-25-23-12-10-8-6-4-2)37-32-29-30-33-39-44(49)48-43(46(51)52)38-35-41-47/h5,7,11,13,15-16,18-19,21-22,31,36,42-43H,3-4,6,8-10,12,14,17,20,23-30,32-35,37-41,47H2,1-2H3,(H,48,49)(H,51,52)/b7-5-,13-11-,16-15-,19-18-,22-21-,36-31-. The first kappa shape index (κ1) is 49.8. The molecule has 0 aliphatic carbocycles. The van der Waals surface area contributed by atoms with Crippen molar-refractivity contribution in [3.05, 3.63) is 72.9 Å². The first-order valence-electron chi connectivity index (χ1n) is 21.3. The molecule has 7 nitrogen and oxygen atoms in total. The number of ether oxygens (including phenoxy) is 1. The van der Waals surface area contributed by atoms with Gasteiger partial charge in [0.15, 0.2) is 0 Å². The summed E-state index contributed by atoms with van der Waals surface area (Å²) in [6.07, 6.45) is 51.0. The number of allylic oxidation sites excluding steroid dienone is 11. The summed E-state index contributed by atoms with van der Waals surface area (Å²) < 4.78 is 5.92. The topological polar surface area (TPSA) is 119 Å². The van der Waals surface area contributed by atoms with E-state index in [1.54, 1.807) is 0 Å². The maximum atomic E-state index is 12.7. The van der Waals surface area contributed by atoms with Crippen LogP contribution in [0.3, 0.4) is 0 Å². The normalized spacial score (nSPS) is 13.4. The molecule has 0 radical (unpaired) electrons. The van der Waals surface area contributed by atoms with Crippen LogP contribution < -0.4 is 11.1 Å². The predicted molar refractivity (Wildman–Crippen MR) is 225 cm³/mol. The Morgan fingerprint density at radius 2 is 1.09 bits per heavy atom. The molecule has 0 saturated carbocycles. The van der Waals surface area contributed by atoms with Crippen LogP contribution >= 0.6 is 0 Å². The van der Waals surface area contributed by atoms with Crippen molar-refractivity contribution in [2.24, 2.45) is 5.73 Å². The number of amides is 1. The molecule has 2 unspecified atom stereocenters. The highest BCUT2D eigenvalue weighted by molar-refractivity contribution is 5.83. The molecule has 0 aliphatic rings. The first-order chi connectivity index (χ1) is 25.9. The summed E-state index contributed by atoms with van der Waals surface area (Å²) in [5.74, 6) is -1.37. The maximum Gasteiger partial charge on any atom is 0.326 e. The van der Waals surface area contributed by atoms with Crippen molar-refractivity contribution in [3.8, 4) is 0 Å². The first-order valence-corrected chi connectivity index (χ1v) is 21.3. The van der Waals surface area contributed by atoms with Gasteiger partial charge in [0, 0.05) is 12.8 Å². The van der Waals surface area contributed by atoms with Crippen molar-refractivity contribution >= 4 is 17.8 Å². The van der Waals surface area contributed by atoms with Crippen molar-refractivity contribution in [2.45, 2.75) is 193 Å². The smallest absolute Gasteiger partial charge is 0.326 e. The molecule has 7 heteroatoms. The van der Waals surface area contributed by atoms with Gasteiger partial charge < -0.3 is 20.9 Å². The van der Waals surface area contributed by atoms with Crippen LogP contribution in [0.2, 0.25) is 0 Å². The molecule has 0 aliphatic heterocycles. The minimum absolute atomic E-state index is 0.121. The molecule has 0 saturated heterocycles. The lowest BCUT2D eigenvalue weighted by atomic mass is 10.1. The molecule has 0 aromatic carbocycles. The molecule has 2 atom stereocenters. The Kier molecular flexibility index (Phi) is 37.6. The molecule has 1 amide bonds. The SMILES string of the molecule is CC/C=C\C/C=C\C/C=C\C/C=C\C/C=C\CCCCCC(=O)OC(/C=C\CCCCCCCCC)CCCCCCC(=O)NC(CCCN)C(=O)O. The van der Waals surface area contributed by atoms with E-state index in [0.717, 1.165) is 96.3 Å². The summed E-state index contributed by atoms with van der Waals surface area (Å²) in [6.45, 7) is 4.79. The summed E-state index contributed by atoms with van der Waals surface area (Å²) in [6, 6.07) is -0.877. The molecule has 0 aromatic rings. The van der Waals surface area contributed by atoms with Gasteiger partial charge in [-0.15, -0.1) is 0 Å². The van der Waals surface area contributed by atoms with Crippen molar-refractivity contribution in [1.29, 1.82) is 0 Å². The van der Waals surface area contributed by atoms with Gasteiger partial charge >= 0.3 is 11.9 Å². The Hall–Kier alpha value is -3.19. The fourth-order valence-electron chi connectivity index (χ4n) is 5.80. The summed E-state index contributed by atoms with van der Waals surface area (Å²) in [7, 11) is 0. The van der Waals surface area contributed by atoms with Gasteiger partial charge in [-0.3, -0.25) is 9.59 Å². The number of aliphatic carboxylic acids is 1. The minimum Gasteiger partial charge on any atom is -0.480 e. The summed E-state index contributed by atoms with van der Waals surface area (Å²) in [5.41, 5.74) is 5.48. The molecule has 302 valence electrons. The third-order valence-electron chi connectivity index (χ3n) is 8.99. The van der Waals surface area contributed by atoms with Gasteiger partial charge in [0.05, 0.1) is 0 Å². The molecule has 0 aromatic heterocycles. The number of unbranched alkanes of at least 4 members (excludes halogenated alkanes) is 13. The van der Waals surface area contributed by atoms with E-state index < -0.39 is 12.0 Å². The second kappa shape index (κ2) is 40.0. The van der Waals surface area contributed by atoms with Crippen LogP contribution in [-0.2, 0) is 19.1 Å². The van der Waals surface area contributed by atoms with Crippen LogP contribution in [0.15, 0.2) is 72.9 Å². The third-order valence-corrected chi connectivity index (χ3v) is 8.99. The van der Waals surface area contributed by atoms with Gasteiger partial charge in [-0.25, -0.2) is 4.79 Å². The molecular formula is C46H78N2O5. The molecule has 53 heavy (non-hydrogen) atoms. The van der Waals surface area contributed by atoms with Gasteiger partial charge in [0.1, 0.15) is 12.1 Å². The Morgan fingerprint density at radius 3 is 1.70 bits per heavy atom. The van der Waals surface area contributed by atoms with Gasteiger partial charge in [-0.1, -0.05) is 138 Å². The highest BCUT2D eigenvalue weighted by Crippen LogP contribution is 2.15. The van der Waals surface area contributed by atoms with E-state index >= 15 is 0 Å². The zero-order chi connectivity index (χ0) is 38.9. The van der Waals surface area contributed by atoms with Gasteiger partial charge in [-0.05, 0) is 109 Å². The van der Waals surface area contributed by atoms with Gasteiger partial charge in [-0.2, -0.15) is 0 Å². The van der Waals surface area contributed by atoms with Crippen molar-refractivity contribution < 1.29 is 24.2 Å². The lowest BCUT2D eigenvalue weighted by Crippen LogP contribution is -2.40. The molecule has 0 fully saturated rings. The largest absolute Gasteiger partial charge is 0.480 e. The van der Waals surface area contributed by atoms with E-state index in [2.05, 4.69) is 92.1 Å². The van der Waals surface area contributed by atoms with Crippen LogP contribution in [0.5, 0.6) is 0 Å². The van der Waals surface area contributed by atoms with E-state index in [0.29, 0.717) is 38.6 Å². The van der Waals surface area contributed by atoms with Crippen LogP contribution in [0.1, 0.15) is 181 Å². The Labute approximate surface area is 324 Å². The predicted octanol–water partition coefficient (Wildman–Crippen LogP) is 11.9. The maximum absolute atomic E-state index is 12.7. The zero-order valence-corrected chi connectivity index (χ0v) is 33.8. The minimum atomic E-state index is -1.02. The monoisotopic (exact) mass is 739 g/mol. The Bertz CT molecular complexity index is 1060. The Morgan fingerprint density at radius 1 is 0.585 bits per heavy atom. The summed E-state index contributed by atoms with van der Waals surface area (Å²) in [4.78, 5) is 36.3. The lowest BCUT2D eigenvalue weighted by molar-refractivity contribution is -0.147. The molecule has 0 heterocycles. The van der Waals surface area contributed by atoms with Gasteiger partial charge in [0.2, 0.25) is 5.91 Å². The van der Waals surface area contributed by atoms with Crippen LogP contribution in [0, 0.1) is 0 Å². The van der Waals surface area contributed by atoms with E-state index in [1.807, 2.05) is 0 Å². The molecular weight excluding hydrogens is 661 g/mol. The highest BCUT2D eigenvalue weighted by atomic mass is 16.5. The Balaban J connectivity index is 4.38. The molecule has 0 bridgehead atoms. The number of nitrogens with two attached hydrogens (primary N) is 1. The summed E-state index contributed by atoms with van der Waals surface area (Å²) >= 11 is 0. The number of rotatable bonds is 37. The fraction of sp³-hybridized carbons (Fsp3) is 0.674. The number of esters is 1. The zero-order valence-electron chi connectivity index (χ0n) is 33.8. The number of carbonyl (C=O) groups excluding carboxylic acids is 2. The second-order valence-electron chi connectivity index (χ2n) is 14.0. The molecule has 0 spiro atoms. The number of hydrogen-bond donors (Lipinski definition) is 3. The highest BCUT2D eigenvalue weighted by Gasteiger charge is 2.19. The van der Waals surface area contributed by atoms with Crippen molar-refractivity contribution in [1.82, 2.24) is 5.32 Å². The number of nitrogens with one attached hydrogen (secondary N) is 1. The number of carboxylic acid groups (broad SMARTS) is 1. The van der Waals surface area contributed by atoms with Crippen LogP contribution in [0.4, 0.5) is 0 Å². The summed E-state index contributed by atoms with van der Waals surface area (Å²) in [5, 5.41) is 11.9. The van der Waals surface area contributed by atoms with E-state index in [9.17, 15) is 19.5 Å². The van der Waals surface area contributed by atoms with Crippen LogP contribution in [0.25, 0.3) is 0 Å². The average molecular weight is 739 g/mol.